The number of alkyl halides is 3. The molecule has 34 heavy (non-hydrogen) atoms. The number of ketones is 1. The molecule has 0 saturated heterocycles. The Kier molecular flexibility index (Phi) is 6.27. The summed E-state index contributed by atoms with van der Waals surface area (Å²) in [7, 11) is 3.07. The lowest BCUT2D eigenvalue weighted by atomic mass is 10.1. The van der Waals surface area contributed by atoms with Crippen molar-refractivity contribution in [2.75, 3.05) is 19.5 Å². The molecule has 0 amide bonds. The SMILES string of the molecule is COc1ccc(N/C=C\C(=O)c2nc(-c3ccc(C(F)(F)F)cc3)n3ccccc23)cc1OC. The highest BCUT2D eigenvalue weighted by Gasteiger charge is 2.30. The van der Waals surface area contributed by atoms with E-state index in [9.17, 15) is 18.0 Å². The smallest absolute Gasteiger partial charge is 0.416 e. The van der Waals surface area contributed by atoms with Crippen LogP contribution in [0.4, 0.5) is 18.9 Å². The number of hydrogen-bond acceptors (Lipinski definition) is 5. The van der Waals surface area contributed by atoms with Crippen LogP contribution in [0.5, 0.6) is 11.5 Å². The number of nitrogens with one attached hydrogen (secondary N) is 1. The zero-order valence-electron chi connectivity index (χ0n) is 18.3. The van der Waals surface area contributed by atoms with Crippen molar-refractivity contribution in [1.82, 2.24) is 9.38 Å². The van der Waals surface area contributed by atoms with Crippen LogP contribution in [-0.2, 0) is 6.18 Å². The monoisotopic (exact) mass is 467 g/mol. The third-order valence-electron chi connectivity index (χ3n) is 5.12. The molecule has 0 atom stereocenters. The first kappa shape index (κ1) is 22.9. The Hall–Kier alpha value is -4.27. The number of benzene rings is 2. The van der Waals surface area contributed by atoms with Crippen molar-refractivity contribution in [2.24, 2.45) is 0 Å². The van der Waals surface area contributed by atoms with Crippen LogP contribution in [0.2, 0.25) is 0 Å². The standard InChI is InChI=1S/C25H20F3N3O3/c1-33-21-11-10-18(15-22(21)34-2)29-13-12-20(32)23-19-5-3-4-14-31(19)24(30-23)16-6-8-17(9-7-16)25(26,27)28/h3-15,29H,1-2H3/b13-12-. The number of carbonyl (C=O) groups excluding carboxylic acids is 1. The number of carbonyl (C=O) groups is 1. The first-order chi connectivity index (χ1) is 16.3. The normalized spacial score (nSPS) is 11.7. The first-order valence-electron chi connectivity index (χ1n) is 10.2. The largest absolute Gasteiger partial charge is 0.493 e. The van der Waals surface area contributed by atoms with E-state index in [0.29, 0.717) is 34.1 Å². The second kappa shape index (κ2) is 9.30. The Balaban J connectivity index is 1.60. The Morgan fingerprint density at radius 2 is 1.74 bits per heavy atom. The number of hydrogen-bond donors (Lipinski definition) is 1. The van der Waals surface area contributed by atoms with Crippen LogP contribution in [0.1, 0.15) is 16.1 Å². The molecule has 2 heterocycles. The molecule has 4 aromatic rings. The Labute approximate surface area is 193 Å². The number of halogens is 3. The van der Waals surface area contributed by atoms with E-state index in [1.807, 2.05) is 0 Å². The maximum atomic E-state index is 12.9. The molecule has 0 aliphatic rings. The molecule has 0 bridgehead atoms. The molecule has 6 nitrogen and oxygen atoms in total. The number of fused-ring (bicyclic) bond motifs is 1. The number of pyridine rings is 1. The minimum atomic E-state index is -4.43. The minimum absolute atomic E-state index is 0.181. The number of imidazole rings is 1. The van der Waals surface area contributed by atoms with Crippen LogP contribution >= 0.6 is 0 Å². The van der Waals surface area contributed by atoms with Crippen molar-refractivity contribution in [1.29, 1.82) is 0 Å². The van der Waals surface area contributed by atoms with Gasteiger partial charge in [0.05, 0.1) is 25.3 Å². The molecule has 174 valence electrons. The molecular formula is C25H20F3N3O3. The fourth-order valence-corrected chi connectivity index (χ4v) is 3.45. The highest BCUT2D eigenvalue weighted by molar-refractivity contribution is 6.08. The van der Waals surface area contributed by atoms with Gasteiger partial charge in [0.1, 0.15) is 11.5 Å². The topological polar surface area (TPSA) is 64.9 Å². The van der Waals surface area contributed by atoms with Crippen LogP contribution in [0.15, 0.2) is 79.1 Å². The van der Waals surface area contributed by atoms with Gasteiger partial charge in [0.2, 0.25) is 5.78 Å². The van der Waals surface area contributed by atoms with E-state index in [1.54, 1.807) is 47.0 Å². The van der Waals surface area contributed by atoms with E-state index in [2.05, 4.69) is 10.3 Å². The summed E-state index contributed by atoms with van der Waals surface area (Å²) >= 11 is 0. The molecule has 0 saturated carbocycles. The zero-order chi connectivity index (χ0) is 24.3. The third kappa shape index (κ3) is 4.59. The zero-order valence-corrected chi connectivity index (χ0v) is 18.3. The summed E-state index contributed by atoms with van der Waals surface area (Å²) in [6, 6.07) is 15.1. The number of anilines is 1. The van der Waals surface area contributed by atoms with Gasteiger partial charge in [-0.1, -0.05) is 18.2 Å². The molecule has 0 aliphatic carbocycles. The fraction of sp³-hybridized carbons (Fsp3) is 0.120. The van der Waals surface area contributed by atoms with Gasteiger partial charge < -0.3 is 14.8 Å². The van der Waals surface area contributed by atoms with E-state index in [-0.39, 0.29) is 11.5 Å². The van der Waals surface area contributed by atoms with Gasteiger partial charge in [0.25, 0.3) is 0 Å². The lowest BCUT2D eigenvalue weighted by Crippen LogP contribution is -2.04. The third-order valence-corrected chi connectivity index (χ3v) is 5.12. The molecule has 2 aromatic carbocycles. The Morgan fingerprint density at radius 1 is 1.00 bits per heavy atom. The summed E-state index contributed by atoms with van der Waals surface area (Å²) in [5.74, 6) is 1.12. The van der Waals surface area contributed by atoms with Gasteiger partial charge >= 0.3 is 6.18 Å². The minimum Gasteiger partial charge on any atom is -0.493 e. The summed E-state index contributed by atoms with van der Waals surface area (Å²) in [6.07, 6.45) is 0.0931. The number of nitrogens with zero attached hydrogens (tertiary/aromatic N) is 2. The van der Waals surface area contributed by atoms with Gasteiger partial charge in [-0.05, 0) is 36.4 Å². The van der Waals surface area contributed by atoms with Crippen LogP contribution in [0.25, 0.3) is 16.9 Å². The number of rotatable bonds is 7. The fourth-order valence-electron chi connectivity index (χ4n) is 3.45. The summed E-state index contributed by atoms with van der Waals surface area (Å²) in [4.78, 5) is 17.4. The van der Waals surface area contributed by atoms with Crippen LogP contribution in [0, 0.1) is 0 Å². The average Bonchev–Trinajstić information content (AvgIpc) is 3.23. The molecule has 2 aromatic heterocycles. The molecule has 1 N–H and O–H groups in total. The van der Waals surface area contributed by atoms with Gasteiger partial charge in [-0.3, -0.25) is 9.20 Å². The Bertz CT molecular complexity index is 1360. The average molecular weight is 467 g/mol. The van der Waals surface area contributed by atoms with Crippen molar-refractivity contribution in [2.45, 2.75) is 6.18 Å². The predicted molar refractivity (Wildman–Crippen MR) is 122 cm³/mol. The van der Waals surface area contributed by atoms with E-state index >= 15 is 0 Å². The van der Waals surface area contributed by atoms with Crippen molar-refractivity contribution in [3.8, 4) is 22.9 Å². The van der Waals surface area contributed by atoms with E-state index in [0.717, 1.165) is 12.1 Å². The van der Waals surface area contributed by atoms with Crippen molar-refractivity contribution in [3.05, 3.63) is 90.4 Å². The summed E-state index contributed by atoms with van der Waals surface area (Å²) in [6.45, 7) is 0. The second-order valence-corrected chi connectivity index (χ2v) is 7.23. The van der Waals surface area contributed by atoms with Crippen LogP contribution < -0.4 is 14.8 Å². The number of methoxy groups -OCH3 is 2. The van der Waals surface area contributed by atoms with Gasteiger partial charge in [-0.15, -0.1) is 0 Å². The van der Waals surface area contributed by atoms with Crippen molar-refractivity contribution >= 4 is 17.0 Å². The maximum absolute atomic E-state index is 12.9. The quantitative estimate of drug-likeness (QED) is 0.273. The molecule has 0 radical (unpaired) electrons. The maximum Gasteiger partial charge on any atom is 0.416 e. The highest BCUT2D eigenvalue weighted by Crippen LogP contribution is 2.32. The highest BCUT2D eigenvalue weighted by atomic mass is 19.4. The molecule has 0 fully saturated rings. The van der Waals surface area contributed by atoms with Gasteiger partial charge in [-0.25, -0.2) is 4.98 Å². The van der Waals surface area contributed by atoms with Gasteiger partial charge in [0, 0.05) is 35.8 Å². The second-order valence-electron chi connectivity index (χ2n) is 7.23. The molecule has 4 rings (SSSR count). The molecule has 0 unspecified atom stereocenters. The van der Waals surface area contributed by atoms with Crippen molar-refractivity contribution < 1.29 is 27.4 Å². The van der Waals surface area contributed by atoms with Gasteiger partial charge in [0.15, 0.2) is 11.5 Å². The van der Waals surface area contributed by atoms with E-state index < -0.39 is 11.7 Å². The van der Waals surface area contributed by atoms with E-state index in [1.165, 1.54) is 38.6 Å². The first-order valence-corrected chi connectivity index (χ1v) is 10.2. The summed E-state index contributed by atoms with van der Waals surface area (Å²) in [5.41, 5.74) is 1.11. The lowest BCUT2D eigenvalue weighted by molar-refractivity contribution is -0.137. The number of ether oxygens (including phenoxy) is 2. The summed E-state index contributed by atoms with van der Waals surface area (Å²) in [5, 5.41) is 3.00. The molecule has 9 heteroatoms. The van der Waals surface area contributed by atoms with Crippen molar-refractivity contribution in [3.63, 3.8) is 0 Å². The predicted octanol–water partition coefficient (Wildman–Crippen LogP) is 5.85. The molecular weight excluding hydrogens is 447 g/mol. The van der Waals surface area contributed by atoms with Crippen LogP contribution in [0.3, 0.4) is 0 Å². The van der Waals surface area contributed by atoms with Gasteiger partial charge in [-0.2, -0.15) is 13.2 Å². The lowest BCUT2D eigenvalue weighted by Gasteiger charge is -2.09. The molecule has 0 spiro atoms. The number of allylic oxidation sites excluding steroid dienone is 1. The molecule has 0 aliphatic heterocycles. The van der Waals surface area contributed by atoms with Crippen LogP contribution in [-0.4, -0.2) is 29.4 Å². The van der Waals surface area contributed by atoms with E-state index in [4.69, 9.17) is 9.47 Å². The summed E-state index contributed by atoms with van der Waals surface area (Å²) < 4.78 is 50.9. The number of aromatic nitrogens is 2. The Morgan fingerprint density at radius 3 is 2.41 bits per heavy atom.